The van der Waals surface area contributed by atoms with Crippen molar-refractivity contribution >= 4 is 45.9 Å². The van der Waals surface area contributed by atoms with E-state index in [1.807, 2.05) is 19.9 Å². The Bertz CT molecular complexity index is 998. The van der Waals surface area contributed by atoms with Crippen LogP contribution in [0.5, 0.6) is 11.5 Å². The Morgan fingerprint density at radius 3 is 2.62 bits per heavy atom. The molecule has 2 rings (SSSR count). The van der Waals surface area contributed by atoms with Gasteiger partial charge in [-0.05, 0) is 66.3 Å². The van der Waals surface area contributed by atoms with Crippen LogP contribution >= 0.6 is 22.6 Å². The van der Waals surface area contributed by atoms with Crippen molar-refractivity contribution in [1.82, 2.24) is 0 Å². The smallest absolute Gasteiger partial charge is 0.271 e. The van der Waals surface area contributed by atoms with Crippen LogP contribution in [0.1, 0.15) is 19.4 Å². The molecule has 0 radical (unpaired) electrons. The van der Waals surface area contributed by atoms with Gasteiger partial charge in [-0.3, -0.25) is 14.9 Å². The number of halogens is 1. The minimum atomic E-state index is -0.671. The van der Waals surface area contributed by atoms with E-state index in [2.05, 4.69) is 27.9 Å². The van der Waals surface area contributed by atoms with E-state index < -0.39 is 10.8 Å². The van der Waals surface area contributed by atoms with E-state index in [0.717, 1.165) is 3.57 Å². The van der Waals surface area contributed by atoms with Gasteiger partial charge in [0.2, 0.25) is 0 Å². The van der Waals surface area contributed by atoms with Crippen LogP contribution in [-0.4, -0.2) is 24.0 Å². The van der Waals surface area contributed by atoms with Gasteiger partial charge in [0.05, 0.1) is 21.7 Å². The second-order valence-corrected chi connectivity index (χ2v) is 6.79. The number of rotatable bonds is 8. The SMILES string of the molecule is CCOc1cc(/C=C(/C#N)C(=O)Nc2cccc([N+](=O)[O-])c2)cc(I)c1OCC. The zero-order valence-electron chi connectivity index (χ0n) is 15.8. The summed E-state index contributed by atoms with van der Waals surface area (Å²) in [6, 6.07) is 10.8. The lowest BCUT2D eigenvalue weighted by Gasteiger charge is -2.13. The lowest BCUT2D eigenvalue weighted by molar-refractivity contribution is -0.384. The minimum absolute atomic E-state index is 0.154. The zero-order chi connectivity index (χ0) is 21.4. The summed E-state index contributed by atoms with van der Waals surface area (Å²) in [5.41, 5.74) is 0.500. The van der Waals surface area contributed by atoms with Gasteiger partial charge in [0, 0.05) is 17.8 Å². The van der Waals surface area contributed by atoms with Gasteiger partial charge in [-0.15, -0.1) is 0 Å². The molecule has 0 heterocycles. The number of nitrogens with one attached hydrogen (secondary N) is 1. The Morgan fingerprint density at radius 1 is 1.28 bits per heavy atom. The quantitative estimate of drug-likeness (QED) is 0.185. The zero-order valence-corrected chi connectivity index (χ0v) is 17.9. The molecule has 8 nitrogen and oxygen atoms in total. The van der Waals surface area contributed by atoms with Crippen LogP contribution in [0.25, 0.3) is 6.08 Å². The maximum atomic E-state index is 12.5. The number of benzene rings is 2. The van der Waals surface area contributed by atoms with Crippen molar-refractivity contribution in [3.05, 3.63) is 61.2 Å². The molecule has 2 aromatic carbocycles. The van der Waals surface area contributed by atoms with E-state index in [4.69, 9.17) is 9.47 Å². The van der Waals surface area contributed by atoms with Gasteiger partial charge >= 0.3 is 0 Å². The second-order valence-electron chi connectivity index (χ2n) is 5.63. The lowest BCUT2D eigenvalue weighted by Crippen LogP contribution is -2.13. The molecule has 150 valence electrons. The van der Waals surface area contributed by atoms with E-state index in [9.17, 15) is 20.2 Å². The number of ether oxygens (including phenoxy) is 2. The first-order valence-electron chi connectivity index (χ1n) is 8.66. The molecule has 0 aliphatic carbocycles. The molecule has 0 aliphatic heterocycles. The van der Waals surface area contributed by atoms with Crippen LogP contribution in [0.15, 0.2) is 42.0 Å². The van der Waals surface area contributed by atoms with E-state index in [0.29, 0.717) is 30.3 Å². The molecule has 0 atom stereocenters. The number of hydrogen-bond donors (Lipinski definition) is 1. The Kier molecular flexibility index (Phi) is 7.97. The summed E-state index contributed by atoms with van der Waals surface area (Å²) >= 11 is 2.10. The molecule has 9 heteroatoms. The lowest BCUT2D eigenvalue weighted by atomic mass is 10.1. The molecule has 2 aromatic rings. The number of nitro benzene ring substituents is 1. The standard InChI is InChI=1S/C20H18IN3O5/c1-3-28-18-10-13(9-17(21)19(18)29-4-2)8-14(12-22)20(25)23-15-6-5-7-16(11-15)24(26)27/h5-11H,3-4H2,1-2H3,(H,23,25)/b14-8-. The number of nitro groups is 1. The minimum Gasteiger partial charge on any atom is -0.490 e. The fourth-order valence-corrected chi connectivity index (χ4v) is 3.21. The van der Waals surface area contributed by atoms with Crippen molar-refractivity contribution in [3.63, 3.8) is 0 Å². The van der Waals surface area contributed by atoms with Crippen molar-refractivity contribution in [1.29, 1.82) is 5.26 Å². The third-order valence-electron chi connectivity index (χ3n) is 3.61. The topological polar surface area (TPSA) is 114 Å². The van der Waals surface area contributed by atoms with Gasteiger partial charge in [-0.25, -0.2) is 0 Å². The maximum Gasteiger partial charge on any atom is 0.271 e. The van der Waals surface area contributed by atoms with Gasteiger partial charge in [-0.1, -0.05) is 6.07 Å². The van der Waals surface area contributed by atoms with E-state index >= 15 is 0 Å². The van der Waals surface area contributed by atoms with Crippen molar-refractivity contribution in [2.24, 2.45) is 0 Å². The molecule has 0 saturated carbocycles. The summed E-state index contributed by atoms with van der Waals surface area (Å²) in [6.45, 7) is 4.62. The highest BCUT2D eigenvalue weighted by molar-refractivity contribution is 14.1. The largest absolute Gasteiger partial charge is 0.490 e. The van der Waals surface area contributed by atoms with Gasteiger partial charge in [0.25, 0.3) is 11.6 Å². The first-order chi connectivity index (χ1) is 13.9. The van der Waals surface area contributed by atoms with Crippen LogP contribution in [0.3, 0.4) is 0 Å². The molecule has 0 aromatic heterocycles. The Morgan fingerprint density at radius 2 is 2.00 bits per heavy atom. The van der Waals surface area contributed by atoms with E-state index in [1.165, 1.54) is 30.3 Å². The molecule has 0 fully saturated rings. The highest BCUT2D eigenvalue weighted by Crippen LogP contribution is 2.35. The summed E-state index contributed by atoms with van der Waals surface area (Å²) in [5.74, 6) is 0.449. The number of non-ortho nitro benzene ring substituents is 1. The van der Waals surface area contributed by atoms with Crippen molar-refractivity contribution in [2.75, 3.05) is 18.5 Å². The first kappa shape index (κ1) is 22.2. The summed E-state index contributed by atoms with van der Waals surface area (Å²) in [5, 5.41) is 22.8. The highest BCUT2D eigenvalue weighted by atomic mass is 127. The number of nitrogens with zero attached hydrogens (tertiary/aromatic N) is 2. The Labute approximate surface area is 181 Å². The second kappa shape index (κ2) is 10.4. The average molecular weight is 507 g/mol. The highest BCUT2D eigenvalue weighted by Gasteiger charge is 2.15. The molecule has 0 unspecified atom stereocenters. The molecule has 0 saturated heterocycles. The monoisotopic (exact) mass is 507 g/mol. The molecular formula is C20H18IN3O5. The first-order valence-corrected chi connectivity index (χ1v) is 9.74. The van der Waals surface area contributed by atoms with Crippen LogP contribution in [0.2, 0.25) is 0 Å². The summed E-state index contributed by atoms with van der Waals surface area (Å²) in [7, 11) is 0. The van der Waals surface area contributed by atoms with E-state index in [1.54, 1.807) is 12.1 Å². The normalized spacial score (nSPS) is 10.8. The number of nitriles is 1. The number of anilines is 1. The summed E-state index contributed by atoms with van der Waals surface area (Å²) in [4.78, 5) is 22.8. The van der Waals surface area contributed by atoms with Gasteiger partial charge < -0.3 is 14.8 Å². The molecule has 1 N–H and O–H groups in total. The Hall–Kier alpha value is -3.13. The number of carbonyl (C=O) groups excluding carboxylic acids is 1. The third-order valence-corrected chi connectivity index (χ3v) is 4.41. The predicted molar refractivity (Wildman–Crippen MR) is 117 cm³/mol. The molecule has 0 spiro atoms. The third kappa shape index (κ3) is 5.92. The van der Waals surface area contributed by atoms with Crippen LogP contribution in [0, 0.1) is 25.0 Å². The summed E-state index contributed by atoms with van der Waals surface area (Å²) in [6.07, 6.45) is 1.42. The summed E-state index contributed by atoms with van der Waals surface area (Å²) < 4.78 is 12.0. The predicted octanol–water partition coefficient (Wildman–Crippen LogP) is 4.54. The van der Waals surface area contributed by atoms with Crippen molar-refractivity contribution in [2.45, 2.75) is 13.8 Å². The van der Waals surface area contributed by atoms with Crippen LogP contribution in [0.4, 0.5) is 11.4 Å². The number of carbonyl (C=O) groups is 1. The molecular weight excluding hydrogens is 489 g/mol. The molecule has 0 bridgehead atoms. The van der Waals surface area contributed by atoms with E-state index in [-0.39, 0.29) is 16.9 Å². The van der Waals surface area contributed by atoms with Crippen molar-refractivity contribution < 1.29 is 19.2 Å². The van der Waals surface area contributed by atoms with Gasteiger partial charge in [0.15, 0.2) is 11.5 Å². The van der Waals surface area contributed by atoms with Crippen molar-refractivity contribution in [3.8, 4) is 17.6 Å². The van der Waals surface area contributed by atoms with Crippen LogP contribution < -0.4 is 14.8 Å². The fraction of sp³-hybridized carbons (Fsp3) is 0.200. The number of amides is 1. The Balaban J connectivity index is 2.33. The van der Waals surface area contributed by atoms with Gasteiger partial charge in [-0.2, -0.15) is 5.26 Å². The maximum absolute atomic E-state index is 12.5. The van der Waals surface area contributed by atoms with Crippen LogP contribution in [-0.2, 0) is 4.79 Å². The fourth-order valence-electron chi connectivity index (χ4n) is 2.43. The number of hydrogen-bond acceptors (Lipinski definition) is 6. The average Bonchev–Trinajstić information content (AvgIpc) is 2.69. The molecule has 0 aliphatic rings. The molecule has 1 amide bonds. The van der Waals surface area contributed by atoms with Gasteiger partial charge in [0.1, 0.15) is 11.6 Å². The molecule has 29 heavy (non-hydrogen) atoms.